The average Bonchev–Trinajstić information content (AvgIpc) is 2.65. The number of hydrogen-bond acceptors (Lipinski definition) is 5. The van der Waals surface area contributed by atoms with Gasteiger partial charge in [-0.05, 0) is 57.5 Å². The molecule has 0 spiro atoms. The minimum absolute atomic E-state index is 0.275. The Bertz CT molecular complexity index is 781. The first-order chi connectivity index (χ1) is 13.2. The number of benzene rings is 2. The molecule has 28 heavy (non-hydrogen) atoms. The Morgan fingerprint density at radius 2 is 1.57 bits per heavy atom. The molecule has 2 aromatic rings. The van der Waals surface area contributed by atoms with Crippen LogP contribution in [0, 0.1) is 5.92 Å². The van der Waals surface area contributed by atoms with Gasteiger partial charge >= 0.3 is 6.16 Å². The molecule has 6 heteroatoms. The summed E-state index contributed by atoms with van der Waals surface area (Å²) < 4.78 is 15.9. The summed E-state index contributed by atoms with van der Waals surface area (Å²) in [6.07, 6.45) is -1.60. The van der Waals surface area contributed by atoms with Crippen LogP contribution < -0.4 is 10.1 Å². The molecule has 0 bridgehead atoms. The number of anilines is 1. The van der Waals surface area contributed by atoms with Crippen LogP contribution in [0.1, 0.15) is 39.4 Å². The van der Waals surface area contributed by atoms with Gasteiger partial charge < -0.3 is 19.5 Å². The summed E-state index contributed by atoms with van der Waals surface area (Å²) in [7, 11) is 1.58. The molecular weight excluding hydrogens is 358 g/mol. The molecule has 1 N–H and O–H groups in total. The van der Waals surface area contributed by atoms with Crippen molar-refractivity contribution in [2.45, 2.75) is 39.4 Å². The Kier molecular flexibility index (Phi) is 7.04. The first kappa shape index (κ1) is 21.3. The fourth-order valence-electron chi connectivity index (χ4n) is 2.55. The zero-order valence-electron chi connectivity index (χ0n) is 16.9. The Morgan fingerprint density at radius 1 is 0.964 bits per heavy atom. The molecule has 0 fully saturated rings. The first-order valence-electron chi connectivity index (χ1n) is 9.09. The van der Waals surface area contributed by atoms with E-state index in [0.29, 0.717) is 17.0 Å². The second-order valence-corrected chi connectivity index (χ2v) is 7.42. The number of ether oxygens (including phenoxy) is 3. The lowest BCUT2D eigenvalue weighted by Crippen LogP contribution is -2.31. The highest BCUT2D eigenvalue weighted by molar-refractivity contribution is 5.93. The topological polar surface area (TPSA) is 73.9 Å². The van der Waals surface area contributed by atoms with E-state index >= 15 is 0 Å². The monoisotopic (exact) mass is 385 g/mol. The summed E-state index contributed by atoms with van der Waals surface area (Å²) >= 11 is 0. The summed E-state index contributed by atoms with van der Waals surface area (Å²) in [6, 6.07) is 16.1. The predicted molar refractivity (Wildman–Crippen MR) is 107 cm³/mol. The van der Waals surface area contributed by atoms with Gasteiger partial charge in [0.15, 0.2) is 0 Å². The van der Waals surface area contributed by atoms with Crippen LogP contribution in [0.5, 0.6) is 5.75 Å². The van der Waals surface area contributed by atoms with Crippen LogP contribution in [-0.2, 0) is 14.3 Å². The predicted octanol–water partition coefficient (Wildman–Crippen LogP) is 4.96. The standard InChI is InChI=1S/C22H27NO5/c1-15(20(24)23-17-11-13-18(26-5)14-12-17)19(16-9-7-6-8-10-16)27-21(25)28-22(2,3)4/h6-15,19H,1-5H3,(H,23,24)/t15-,19+/m0/s1. The third-order valence-corrected chi connectivity index (χ3v) is 3.97. The minimum atomic E-state index is -0.814. The number of rotatable bonds is 6. The van der Waals surface area contributed by atoms with Crippen molar-refractivity contribution in [2.24, 2.45) is 5.92 Å². The molecule has 150 valence electrons. The normalized spacial score (nSPS) is 13.2. The van der Waals surface area contributed by atoms with Crippen LogP contribution in [0.3, 0.4) is 0 Å². The molecule has 6 nitrogen and oxygen atoms in total. The molecular formula is C22H27NO5. The van der Waals surface area contributed by atoms with E-state index in [0.717, 1.165) is 0 Å². The highest BCUT2D eigenvalue weighted by Gasteiger charge is 2.31. The Labute approximate surface area is 165 Å². The van der Waals surface area contributed by atoms with Crippen LogP contribution in [0.2, 0.25) is 0 Å². The van der Waals surface area contributed by atoms with Crippen LogP contribution in [0.15, 0.2) is 54.6 Å². The molecule has 0 aliphatic rings. The van der Waals surface area contributed by atoms with Crippen molar-refractivity contribution in [3.05, 3.63) is 60.2 Å². The number of methoxy groups -OCH3 is 1. The fourth-order valence-corrected chi connectivity index (χ4v) is 2.55. The SMILES string of the molecule is COc1ccc(NC(=O)[C@@H](C)[C@@H](OC(=O)OC(C)(C)C)c2ccccc2)cc1. The lowest BCUT2D eigenvalue weighted by molar-refractivity contribution is -0.124. The minimum Gasteiger partial charge on any atom is -0.497 e. The maximum absolute atomic E-state index is 12.8. The maximum Gasteiger partial charge on any atom is 0.509 e. The lowest BCUT2D eigenvalue weighted by atomic mass is 9.96. The highest BCUT2D eigenvalue weighted by Crippen LogP contribution is 2.29. The molecule has 2 atom stereocenters. The zero-order chi connectivity index (χ0) is 20.7. The van der Waals surface area contributed by atoms with Crippen molar-refractivity contribution in [2.75, 3.05) is 12.4 Å². The number of nitrogens with one attached hydrogen (secondary N) is 1. The first-order valence-corrected chi connectivity index (χ1v) is 9.09. The van der Waals surface area contributed by atoms with E-state index in [1.54, 1.807) is 59.1 Å². The van der Waals surface area contributed by atoms with Crippen molar-refractivity contribution in [1.82, 2.24) is 0 Å². The number of hydrogen-bond donors (Lipinski definition) is 1. The van der Waals surface area contributed by atoms with Crippen molar-refractivity contribution in [3.63, 3.8) is 0 Å². The largest absolute Gasteiger partial charge is 0.509 e. The fraction of sp³-hybridized carbons (Fsp3) is 0.364. The summed E-state index contributed by atoms with van der Waals surface area (Å²) in [4.78, 5) is 25.0. The van der Waals surface area contributed by atoms with Crippen molar-refractivity contribution >= 4 is 17.7 Å². The van der Waals surface area contributed by atoms with E-state index in [-0.39, 0.29) is 5.91 Å². The maximum atomic E-state index is 12.8. The van der Waals surface area contributed by atoms with Gasteiger partial charge in [-0.25, -0.2) is 4.79 Å². The second-order valence-electron chi connectivity index (χ2n) is 7.42. The molecule has 0 saturated carbocycles. The molecule has 0 aliphatic heterocycles. The molecule has 0 heterocycles. The smallest absolute Gasteiger partial charge is 0.497 e. The highest BCUT2D eigenvalue weighted by atomic mass is 16.7. The van der Waals surface area contributed by atoms with Gasteiger partial charge in [-0.15, -0.1) is 0 Å². The van der Waals surface area contributed by atoms with Crippen LogP contribution in [0.25, 0.3) is 0 Å². The summed E-state index contributed by atoms with van der Waals surface area (Å²) in [5.74, 6) is -0.221. The van der Waals surface area contributed by atoms with Crippen LogP contribution in [0.4, 0.5) is 10.5 Å². The van der Waals surface area contributed by atoms with Gasteiger partial charge in [0, 0.05) is 5.69 Å². The third-order valence-electron chi connectivity index (χ3n) is 3.97. The van der Waals surface area contributed by atoms with Gasteiger partial charge in [-0.3, -0.25) is 4.79 Å². The molecule has 0 aliphatic carbocycles. The van der Waals surface area contributed by atoms with Crippen LogP contribution >= 0.6 is 0 Å². The molecule has 0 radical (unpaired) electrons. The van der Waals surface area contributed by atoms with E-state index in [1.807, 2.05) is 30.3 Å². The lowest BCUT2D eigenvalue weighted by Gasteiger charge is -2.26. The van der Waals surface area contributed by atoms with Gasteiger partial charge in [-0.2, -0.15) is 0 Å². The van der Waals surface area contributed by atoms with Gasteiger partial charge in [0.25, 0.3) is 0 Å². The average molecular weight is 385 g/mol. The van der Waals surface area contributed by atoms with E-state index in [9.17, 15) is 9.59 Å². The van der Waals surface area contributed by atoms with Gasteiger partial charge in [-0.1, -0.05) is 30.3 Å². The number of carbonyl (C=O) groups excluding carboxylic acids is 2. The van der Waals surface area contributed by atoms with Crippen LogP contribution in [-0.4, -0.2) is 24.8 Å². The quantitative estimate of drug-likeness (QED) is 0.711. The third kappa shape index (κ3) is 6.30. The van der Waals surface area contributed by atoms with E-state index in [4.69, 9.17) is 14.2 Å². The number of amides is 1. The summed E-state index contributed by atoms with van der Waals surface area (Å²) in [5.41, 5.74) is 0.653. The summed E-state index contributed by atoms with van der Waals surface area (Å²) in [5, 5.41) is 2.84. The number of carbonyl (C=O) groups is 2. The molecule has 1 amide bonds. The van der Waals surface area contributed by atoms with E-state index < -0.39 is 23.8 Å². The Balaban J connectivity index is 2.16. The molecule has 2 rings (SSSR count). The van der Waals surface area contributed by atoms with E-state index in [1.165, 1.54) is 0 Å². The molecule has 0 unspecified atom stereocenters. The Hall–Kier alpha value is -3.02. The van der Waals surface area contributed by atoms with Gasteiger partial charge in [0.1, 0.15) is 17.5 Å². The molecule has 0 aromatic heterocycles. The molecule has 0 saturated heterocycles. The van der Waals surface area contributed by atoms with Gasteiger partial charge in [0.05, 0.1) is 13.0 Å². The zero-order valence-corrected chi connectivity index (χ0v) is 16.9. The van der Waals surface area contributed by atoms with Crippen molar-refractivity contribution in [1.29, 1.82) is 0 Å². The second kappa shape index (κ2) is 9.26. The Morgan fingerprint density at radius 3 is 2.11 bits per heavy atom. The van der Waals surface area contributed by atoms with Gasteiger partial charge in [0.2, 0.25) is 5.91 Å². The molecule has 2 aromatic carbocycles. The van der Waals surface area contributed by atoms with E-state index in [2.05, 4.69) is 5.32 Å². The summed E-state index contributed by atoms with van der Waals surface area (Å²) in [6.45, 7) is 6.98. The van der Waals surface area contributed by atoms with Crippen molar-refractivity contribution < 1.29 is 23.8 Å². The van der Waals surface area contributed by atoms with Crippen molar-refractivity contribution in [3.8, 4) is 5.75 Å².